The fourth-order valence-electron chi connectivity index (χ4n) is 1.59. The number of benzene rings is 1. The number of nitrogens with one attached hydrogen (secondary N) is 2. The second-order valence-corrected chi connectivity index (χ2v) is 5.33. The summed E-state index contributed by atoms with van der Waals surface area (Å²) in [4.78, 5) is 19.7. The van der Waals surface area contributed by atoms with E-state index >= 15 is 0 Å². The summed E-state index contributed by atoms with van der Waals surface area (Å²) in [5.74, 6) is 0.511. The van der Waals surface area contributed by atoms with Gasteiger partial charge < -0.3 is 10.3 Å². The van der Waals surface area contributed by atoms with Crippen LogP contribution in [-0.4, -0.2) is 28.2 Å². The summed E-state index contributed by atoms with van der Waals surface area (Å²) in [6.07, 6.45) is 4.19. The quantitative estimate of drug-likeness (QED) is 0.794. The molecule has 2 rings (SSSR count). The highest BCUT2D eigenvalue weighted by molar-refractivity contribution is 8.00. The highest BCUT2D eigenvalue weighted by atomic mass is 32.2. The number of amides is 1. The minimum atomic E-state index is 0.0603. The summed E-state index contributed by atoms with van der Waals surface area (Å²) in [7, 11) is 0. The predicted molar refractivity (Wildman–Crippen MR) is 77.2 cm³/mol. The average Bonchev–Trinajstić information content (AvgIpc) is 2.91. The van der Waals surface area contributed by atoms with Crippen molar-refractivity contribution in [1.29, 1.82) is 0 Å². The largest absolute Gasteiger partial charge is 0.355 e. The Kier molecular flexibility index (Phi) is 5.03. The van der Waals surface area contributed by atoms with Gasteiger partial charge in [0.15, 0.2) is 0 Å². The molecule has 2 aromatic rings. The number of imidazole rings is 1. The minimum absolute atomic E-state index is 0.0603. The Labute approximate surface area is 117 Å². The van der Waals surface area contributed by atoms with Crippen molar-refractivity contribution in [2.75, 3.05) is 12.3 Å². The molecule has 5 heteroatoms. The second kappa shape index (κ2) is 6.99. The number of rotatable bonds is 6. The highest BCUT2D eigenvalue weighted by Gasteiger charge is 2.02. The van der Waals surface area contributed by atoms with Crippen molar-refractivity contribution in [2.45, 2.75) is 18.2 Å². The van der Waals surface area contributed by atoms with Crippen molar-refractivity contribution in [3.05, 3.63) is 48.0 Å². The smallest absolute Gasteiger partial charge is 0.230 e. The van der Waals surface area contributed by atoms with Crippen molar-refractivity contribution in [1.82, 2.24) is 15.3 Å². The molecule has 0 atom stereocenters. The van der Waals surface area contributed by atoms with Gasteiger partial charge in [-0.15, -0.1) is 11.8 Å². The molecular weight excluding hydrogens is 258 g/mol. The van der Waals surface area contributed by atoms with Gasteiger partial charge in [-0.1, -0.05) is 17.7 Å². The van der Waals surface area contributed by atoms with Crippen LogP contribution in [0.1, 0.15) is 11.3 Å². The summed E-state index contributed by atoms with van der Waals surface area (Å²) >= 11 is 1.55. The summed E-state index contributed by atoms with van der Waals surface area (Å²) < 4.78 is 0. The summed E-state index contributed by atoms with van der Waals surface area (Å²) in [6.45, 7) is 2.69. The van der Waals surface area contributed by atoms with E-state index in [4.69, 9.17) is 0 Å². The molecule has 19 heavy (non-hydrogen) atoms. The Bertz CT molecular complexity index is 508. The van der Waals surface area contributed by atoms with E-state index in [9.17, 15) is 4.79 Å². The third kappa shape index (κ3) is 4.79. The first kappa shape index (κ1) is 13.7. The molecule has 0 bridgehead atoms. The maximum Gasteiger partial charge on any atom is 0.230 e. The Morgan fingerprint density at radius 2 is 2.16 bits per heavy atom. The monoisotopic (exact) mass is 275 g/mol. The van der Waals surface area contributed by atoms with Crippen LogP contribution in [0.3, 0.4) is 0 Å². The Balaban J connectivity index is 1.65. The zero-order chi connectivity index (χ0) is 13.5. The van der Waals surface area contributed by atoms with Gasteiger partial charge in [-0.3, -0.25) is 4.79 Å². The topological polar surface area (TPSA) is 57.8 Å². The number of carbonyl (C=O) groups is 1. The van der Waals surface area contributed by atoms with Crippen molar-refractivity contribution in [3.8, 4) is 0 Å². The van der Waals surface area contributed by atoms with Gasteiger partial charge >= 0.3 is 0 Å². The van der Waals surface area contributed by atoms with Gasteiger partial charge in [-0.25, -0.2) is 4.98 Å². The zero-order valence-corrected chi connectivity index (χ0v) is 11.7. The van der Waals surface area contributed by atoms with E-state index in [1.807, 2.05) is 12.1 Å². The molecule has 0 aliphatic heterocycles. The molecule has 0 aliphatic rings. The lowest BCUT2D eigenvalue weighted by molar-refractivity contribution is -0.118. The normalized spacial score (nSPS) is 10.4. The van der Waals surface area contributed by atoms with E-state index in [2.05, 4.69) is 34.3 Å². The molecule has 1 aromatic carbocycles. The van der Waals surface area contributed by atoms with Crippen molar-refractivity contribution in [3.63, 3.8) is 0 Å². The van der Waals surface area contributed by atoms with E-state index in [1.165, 1.54) is 5.56 Å². The number of aryl methyl sites for hydroxylation is 1. The molecule has 2 N–H and O–H groups in total. The molecule has 0 spiro atoms. The van der Waals surface area contributed by atoms with Crippen LogP contribution in [0.4, 0.5) is 0 Å². The number of thioether (sulfide) groups is 1. The Morgan fingerprint density at radius 3 is 2.84 bits per heavy atom. The van der Waals surface area contributed by atoms with Crippen LogP contribution < -0.4 is 5.32 Å². The van der Waals surface area contributed by atoms with Crippen LogP contribution in [-0.2, 0) is 11.2 Å². The number of aromatic nitrogens is 2. The van der Waals surface area contributed by atoms with Gasteiger partial charge in [0.05, 0.1) is 12.1 Å². The van der Waals surface area contributed by atoms with Gasteiger partial charge in [0.25, 0.3) is 0 Å². The summed E-state index contributed by atoms with van der Waals surface area (Å²) in [6, 6.07) is 8.19. The van der Waals surface area contributed by atoms with E-state index in [-0.39, 0.29) is 5.91 Å². The Hall–Kier alpha value is -1.75. The lowest BCUT2D eigenvalue weighted by atomic mass is 10.2. The molecular formula is C14H17N3OS. The van der Waals surface area contributed by atoms with Crippen LogP contribution in [0.2, 0.25) is 0 Å². The lowest BCUT2D eigenvalue weighted by Gasteiger charge is -2.04. The zero-order valence-electron chi connectivity index (χ0n) is 10.8. The van der Waals surface area contributed by atoms with Crippen molar-refractivity contribution >= 4 is 17.7 Å². The molecule has 0 unspecified atom stereocenters. The van der Waals surface area contributed by atoms with Gasteiger partial charge in [0, 0.05) is 29.8 Å². The van der Waals surface area contributed by atoms with Gasteiger partial charge in [-0.05, 0) is 19.1 Å². The van der Waals surface area contributed by atoms with E-state index in [0.29, 0.717) is 12.3 Å². The SMILES string of the molecule is Cc1ccc(SCC(=O)NCCc2cnc[nH]2)cc1. The third-order valence-corrected chi connectivity index (χ3v) is 3.67. The minimum Gasteiger partial charge on any atom is -0.355 e. The first-order valence-electron chi connectivity index (χ1n) is 6.17. The van der Waals surface area contributed by atoms with Crippen LogP contribution in [0.15, 0.2) is 41.7 Å². The first-order chi connectivity index (χ1) is 9.24. The van der Waals surface area contributed by atoms with E-state index < -0.39 is 0 Å². The predicted octanol–water partition coefficient (Wildman–Crippen LogP) is 2.17. The molecule has 4 nitrogen and oxygen atoms in total. The molecule has 1 amide bonds. The van der Waals surface area contributed by atoms with Crippen LogP contribution in [0, 0.1) is 6.92 Å². The van der Waals surface area contributed by atoms with Crippen molar-refractivity contribution in [2.24, 2.45) is 0 Å². The van der Waals surface area contributed by atoms with Crippen molar-refractivity contribution < 1.29 is 4.79 Å². The van der Waals surface area contributed by atoms with E-state index in [0.717, 1.165) is 17.0 Å². The van der Waals surface area contributed by atoms with Gasteiger partial charge in [-0.2, -0.15) is 0 Å². The second-order valence-electron chi connectivity index (χ2n) is 4.28. The molecule has 0 saturated heterocycles. The maximum atomic E-state index is 11.7. The standard InChI is InChI=1S/C14H17N3OS/c1-11-2-4-13(5-3-11)19-9-14(18)16-7-6-12-8-15-10-17-12/h2-5,8,10H,6-7,9H2,1H3,(H,15,17)(H,16,18). The fourth-order valence-corrected chi connectivity index (χ4v) is 2.32. The van der Waals surface area contributed by atoms with E-state index in [1.54, 1.807) is 24.3 Å². The third-order valence-electron chi connectivity index (χ3n) is 2.66. The number of hydrogen-bond donors (Lipinski definition) is 2. The van der Waals surface area contributed by atoms with Gasteiger partial charge in [0.2, 0.25) is 5.91 Å². The molecule has 0 saturated carbocycles. The molecule has 1 heterocycles. The lowest BCUT2D eigenvalue weighted by Crippen LogP contribution is -2.27. The summed E-state index contributed by atoms with van der Waals surface area (Å²) in [5.41, 5.74) is 2.26. The number of H-pyrrole nitrogens is 1. The maximum absolute atomic E-state index is 11.7. The fraction of sp³-hybridized carbons (Fsp3) is 0.286. The first-order valence-corrected chi connectivity index (χ1v) is 7.16. The summed E-state index contributed by atoms with van der Waals surface area (Å²) in [5, 5.41) is 2.90. The average molecular weight is 275 g/mol. The number of aromatic amines is 1. The molecule has 0 aliphatic carbocycles. The molecule has 100 valence electrons. The number of nitrogens with zero attached hydrogens (tertiary/aromatic N) is 1. The molecule has 0 radical (unpaired) electrons. The Morgan fingerprint density at radius 1 is 1.37 bits per heavy atom. The highest BCUT2D eigenvalue weighted by Crippen LogP contribution is 2.17. The van der Waals surface area contributed by atoms with Crippen LogP contribution in [0.25, 0.3) is 0 Å². The molecule has 1 aromatic heterocycles. The van der Waals surface area contributed by atoms with Crippen LogP contribution in [0.5, 0.6) is 0 Å². The number of hydrogen-bond acceptors (Lipinski definition) is 3. The van der Waals surface area contributed by atoms with Gasteiger partial charge in [0.1, 0.15) is 0 Å². The number of carbonyl (C=O) groups excluding carboxylic acids is 1. The van der Waals surface area contributed by atoms with Crippen LogP contribution >= 0.6 is 11.8 Å². The molecule has 0 fully saturated rings.